The third kappa shape index (κ3) is 5.98. The van der Waals surface area contributed by atoms with E-state index in [1.54, 1.807) is 23.1 Å². The third-order valence-electron chi connectivity index (χ3n) is 7.44. The van der Waals surface area contributed by atoms with Crippen LogP contribution in [0, 0.1) is 5.92 Å². The summed E-state index contributed by atoms with van der Waals surface area (Å²) in [6.07, 6.45) is 2.14. The standard InChI is InChI=1S/C27H31F2N3O5Si/c1-15(33)32-12-24(18-5-7-22(37-27(28)29)23(9-18)36-13-16-2-3-16)38-14-21(32)26(35)30-10-17-4-6-20-19(8-17)11-31-25(20)34/h4-9,16,21,24,27H,2-3,10-14,38H2,1H3,(H,30,35)(H,31,34)/t21-,24-/m1/s1. The van der Waals surface area contributed by atoms with E-state index in [1.165, 1.54) is 13.0 Å². The van der Waals surface area contributed by atoms with Crippen molar-refractivity contribution in [1.29, 1.82) is 0 Å². The molecule has 0 unspecified atom stereocenters. The summed E-state index contributed by atoms with van der Waals surface area (Å²) in [4.78, 5) is 39.0. The molecule has 0 aromatic heterocycles. The average Bonchev–Trinajstić information content (AvgIpc) is 3.67. The van der Waals surface area contributed by atoms with E-state index in [2.05, 4.69) is 15.4 Å². The van der Waals surface area contributed by atoms with Gasteiger partial charge in [0, 0.05) is 41.6 Å². The first-order valence-electron chi connectivity index (χ1n) is 12.9. The van der Waals surface area contributed by atoms with Crippen LogP contribution in [-0.4, -0.2) is 57.9 Å². The molecule has 11 heteroatoms. The maximum Gasteiger partial charge on any atom is 0.387 e. The predicted molar refractivity (Wildman–Crippen MR) is 138 cm³/mol. The number of carbonyl (C=O) groups is 3. The van der Waals surface area contributed by atoms with Crippen molar-refractivity contribution in [2.24, 2.45) is 5.92 Å². The fourth-order valence-electron chi connectivity index (χ4n) is 5.14. The summed E-state index contributed by atoms with van der Waals surface area (Å²) in [7, 11) is -0.835. The van der Waals surface area contributed by atoms with Gasteiger partial charge in [-0.25, -0.2) is 0 Å². The van der Waals surface area contributed by atoms with E-state index in [0.29, 0.717) is 49.5 Å². The van der Waals surface area contributed by atoms with Crippen LogP contribution < -0.4 is 20.1 Å². The van der Waals surface area contributed by atoms with Crippen LogP contribution in [-0.2, 0) is 22.7 Å². The maximum absolute atomic E-state index is 13.1. The van der Waals surface area contributed by atoms with E-state index < -0.39 is 22.2 Å². The largest absolute Gasteiger partial charge is 0.489 e. The second-order valence-electron chi connectivity index (χ2n) is 10.2. The normalized spacial score (nSPS) is 21.3. The SMILES string of the molecule is CC(=O)N1C[C@H](c2ccc(OC(F)F)c(OCC3CC3)c2)[SiH2]C[C@@H]1C(=O)NCc1ccc2c(c1)CNC2=O. The molecule has 2 aromatic rings. The number of rotatable bonds is 9. The van der Waals surface area contributed by atoms with Gasteiger partial charge in [-0.05, 0) is 65.2 Å². The molecule has 2 fully saturated rings. The van der Waals surface area contributed by atoms with E-state index in [1.807, 2.05) is 12.1 Å². The Morgan fingerprint density at radius 3 is 2.74 bits per heavy atom. The number of hydrogen-bond donors (Lipinski definition) is 2. The van der Waals surface area contributed by atoms with Gasteiger partial charge in [0.1, 0.15) is 6.04 Å². The molecule has 0 radical (unpaired) electrons. The summed E-state index contributed by atoms with van der Waals surface area (Å²) in [5.74, 6) is 0.278. The molecule has 0 bridgehead atoms. The highest BCUT2D eigenvalue weighted by molar-refractivity contribution is 6.39. The molecule has 2 atom stereocenters. The molecule has 5 rings (SSSR count). The molecule has 8 nitrogen and oxygen atoms in total. The molecule has 1 saturated carbocycles. The number of nitrogens with one attached hydrogen (secondary N) is 2. The summed E-state index contributed by atoms with van der Waals surface area (Å²) in [6.45, 7) is 0.149. The third-order valence-corrected chi connectivity index (χ3v) is 9.74. The van der Waals surface area contributed by atoms with Crippen LogP contribution in [0.5, 0.6) is 11.5 Å². The second kappa shape index (κ2) is 11.1. The first-order valence-corrected chi connectivity index (χ1v) is 14.8. The van der Waals surface area contributed by atoms with Crippen molar-refractivity contribution in [2.75, 3.05) is 13.2 Å². The molecule has 3 amide bonds. The number of carbonyl (C=O) groups excluding carboxylic acids is 3. The molecule has 3 aliphatic rings. The van der Waals surface area contributed by atoms with E-state index >= 15 is 0 Å². The molecule has 1 saturated heterocycles. The van der Waals surface area contributed by atoms with Crippen LogP contribution >= 0.6 is 0 Å². The van der Waals surface area contributed by atoms with Gasteiger partial charge in [0.05, 0.1) is 6.61 Å². The molecule has 0 spiro atoms. The van der Waals surface area contributed by atoms with E-state index in [0.717, 1.165) is 29.5 Å². The topological polar surface area (TPSA) is 97.0 Å². The van der Waals surface area contributed by atoms with Gasteiger partial charge in [0.2, 0.25) is 11.8 Å². The molecule has 202 valence electrons. The Bertz CT molecular complexity index is 1240. The predicted octanol–water partition coefficient (Wildman–Crippen LogP) is 2.50. The van der Waals surface area contributed by atoms with Gasteiger partial charge in [-0.2, -0.15) is 8.78 Å². The molecule has 38 heavy (non-hydrogen) atoms. The lowest BCUT2D eigenvalue weighted by atomic mass is 10.1. The Labute approximate surface area is 221 Å². The van der Waals surface area contributed by atoms with Gasteiger partial charge in [-0.3, -0.25) is 14.4 Å². The number of ether oxygens (including phenoxy) is 2. The summed E-state index contributed by atoms with van der Waals surface area (Å²) in [6, 6.07) is 10.6. The molecule has 1 aliphatic carbocycles. The monoisotopic (exact) mass is 543 g/mol. The minimum atomic E-state index is -2.95. The second-order valence-corrected chi connectivity index (χ2v) is 12.3. The molecular formula is C27H31F2N3O5Si. The summed E-state index contributed by atoms with van der Waals surface area (Å²) in [5, 5.41) is 5.73. The Balaban J connectivity index is 1.24. The highest BCUT2D eigenvalue weighted by Crippen LogP contribution is 2.36. The number of nitrogens with zero attached hydrogens (tertiary/aromatic N) is 1. The van der Waals surface area contributed by atoms with Crippen LogP contribution in [0.1, 0.15) is 52.4 Å². The van der Waals surface area contributed by atoms with Crippen molar-refractivity contribution in [3.63, 3.8) is 0 Å². The zero-order chi connectivity index (χ0) is 26.8. The summed E-state index contributed by atoms with van der Waals surface area (Å²) >= 11 is 0. The van der Waals surface area contributed by atoms with Crippen molar-refractivity contribution in [1.82, 2.24) is 15.5 Å². The minimum absolute atomic E-state index is 0.00857. The summed E-state index contributed by atoms with van der Waals surface area (Å²) < 4.78 is 36.3. The van der Waals surface area contributed by atoms with Crippen LogP contribution in [0.2, 0.25) is 6.04 Å². The van der Waals surface area contributed by atoms with E-state index in [4.69, 9.17) is 4.74 Å². The first kappa shape index (κ1) is 26.1. The number of alkyl halides is 2. The molecular weight excluding hydrogens is 512 g/mol. The van der Waals surface area contributed by atoms with E-state index in [-0.39, 0.29) is 29.0 Å². The fraction of sp³-hybridized carbons (Fsp3) is 0.444. The Kier molecular flexibility index (Phi) is 7.64. The van der Waals surface area contributed by atoms with Crippen molar-refractivity contribution >= 4 is 27.2 Å². The fourth-order valence-corrected chi connectivity index (χ4v) is 7.48. The van der Waals surface area contributed by atoms with Crippen LogP contribution in [0.4, 0.5) is 8.78 Å². The number of halogens is 2. The van der Waals surface area contributed by atoms with Crippen molar-refractivity contribution in [3.05, 3.63) is 58.7 Å². The Hall–Kier alpha value is -3.47. The molecule has 2 aliphatic heterocycles. The maximum atomic E-state index is 13.1. The lowest BCUT2D eigenvalue weighted by molar-refractivity contribution is -0.138. The van der Waals surface area contributed by atoms with Crippen LogP contribution in [0.25, 0.3) is 0 Å². The molecule has 2 heterocycles. The van der Waals surface area contributed by atoms with Gasteiger partial charge >= 0.3 is 6.61 Å². The highest BCUT2D eigenvalue weighted by Gasteiger charge is 2.36. The summed E-state index contributed by atoms with van der Waals surface area (Å²) in [5.41, 5.74) is 3.43. The lowest BCUT2D eigenvalue weighted by Crippen LogP contribution is -2.54. The lowest BCUT2D eigenvalue weighted by Gasteiger charge is -2.38. The number of hydrogen-bond acceptors (Lipinski definition) is 5. The van der Waals surface area contributed by atoms with Crippen molar-refractivity contribution in [2.45, 2.75) is 57.1 Å². The first-order chi connectivity index (χ1) is 18.3. The number of benzene rings is 2. The highest BCUT2D eigenvalue weighted by atomic mass is 28.2. The van der Waals surface area contributed by atoms with Crippen molar-refractivity contribution < 1.29 is 32.6 Å². The van der Waals surface area contributed by atoms with Gasteiger partial charge in [0.25, 0.3) is 5.91 Å². The Morgan fingerprint density at radius 2 is 2.00 bits per heavy atom. The Morgan fingerprint density at radius 1 is 1.18 bits per heavy atom. The quantitative estimate of drug-likeness (QED) is 0.474. The zero-order valence-corrected chi connectivity index (χ0v) is 22.6. The average molecular weight is 544 g/mol. The van der Waals surface area contributed by atoms with Crippen LogP contribution in [0.15, 0.2) is 36.4 Å². The smallest absolute Gasteiger partial charge is 0.387 e. The van der Waals surface area contributed by atoms with E-state index in [9.17, 15) is 23.2 Å². The van der Waals surface area contributed by atoms with Crippen molar-refractivity contribution in [3.8, 4) is 11.5 Å². The van der Waals surface area contributed by atoms with Gasteiger partial charge in [-0.1, -0.05) is 18.2 Å². The molecule has 2 aromatic carbocycles. The minimum Gasteiger partial charge on any atom is -0.489 e. The van der Waals surface area contributed by atoms with Gasteiger partial charge in [-0.15, -0.1) is 0 Å². The van der Waals surface area contributed by atoms with Gasteiger partial charge in [0.15, 0.2) is 11.5 Å². The zero-order valence-electron chi connectivity index (χ0n) is 21.2. The van der Waals surface area contributed by atoms with Gasteiger partial charge < -0.3 is 25.0 Å². The van der Waals surface area contributed by atoms with Crippen LogP contribution in [0.3, 0.4) is 0 Å². The number of fused-ring (bicyclic) bond motifs is 1. The number of amides is 3. The molecule has 2 N–H and O–H groups in total.